The number of amides is 1. The van der Waals surface area contributed by atoms with Crippen LogP contribution in [0.1, 0.15) is 29.6 Å². The Labute approximate surface area is 150 Å². The van der Waals surface area contributed by atoms with E-state index in [1.54, 1.807) is 36.7 Å². The van der Waals surface area contributed by atoms with E-state index in [0.717, 1.165) is 12.8 Å². The number of rotatable bonds is 4. The van der Waals surface area contributed by atoms with Gasteiger partial charge in [0.2, 0.25) is 0 Å². The van der Waals surface area contributed by atoms with Crippen LogP contribution in [-0.2, 0) is 4.79 Å². The Balaban J connectivity index is 1.79. The zero-order valence-corrected chi connectivity index (χ0v) is 14.1. The third-order valence-electron chi connectivity index (χ3n) is 4.11. The van der Waals surface area contributed by atoms with E-state index in [0.29, 0.717) is 30.0 Å². The molecule has 2 aromatic rings. The Bertz CT molecular complexity index is 782. The van der Waals surface area contributed by atoms with Gasteiger partial charge in [-0.15, -0.1) is 0 Å². The third-order valence-corrected chi connectivity index (χ3v) is 4.40. The molecule has 1 aliphatic heterocycles. The fraction of sp³-hybridized carbons (Fsp3) is 0.278. The number of carboxylic acids is 1. The number of benzene rings is 1. The lowest BCUT2D eigenvalue weighted by atomic mass is 10.0. The van der Waals surface area contributed by atoms with E-state index in [4.69, 9.17) is 16.3 Å². The molecule has 25 heavy (non-hydrogen) atoms. The van der Waals surface area contributed by atoms with Crippen LogP contribution in [0.2, 0.25) is 5.02 Å². The number of hydrogen-bond acceptors (Lipinski definition) is 4. The van der Waals surface area contributed by atoms with Crippen molar-refractivity contribution >= 4 is 23.5 Å². The van der Waals surface area contributed by atoms with Crippen LogP contribution in [0.5, 0.6) is 11.5 Å². The first-order valence-electron chi connectivity index (χ1n) is 7.97. The minimum absolute atomic E-state index is 0.284. The molecule has 2 heterocycles. The molecule has 0 radical (unpaired) electrons. The van der Waals surface area contributed by atoms with Crippen LogP contribution >= 0.6 is 11.6 Å². The summed E-state index contributed by atoms with van der Waals surface area (Å²) in [6.45, 7) is 0.433. The normalized spacial score (nSPS) is 17.2. The van der Waals surface area contributed by atoms with Gasteiger partial charge in [-0.05, 0) is 49.6 Å². The summed E-state index contributed by atoms with van der Waals surface area (Å²) in [5.41, 5.74) is 0.347. The van der Waals surface area contributed by atoms with Crippen molar-refractivity contribution in [2.45, 2.75) is 25.3 Å². The molecule has 7 heteroatoms. The van der Waals surface area contributed by atoms with Gasteiger partial charge in [0.05, 0.1) is 5.02 Å². The summed E-state index contributed by atoms with van der Waals surface area (Å²) in [5, 5.41) is 9.61. The molecule has 1 aromatic carbocycles. The zero-order chi connectivity index (χ0) is 17.8. The van der Waals surface area contributed by atoms with Crippen molar-refractivity contribution in [3.8, 4) is 11.5 Å². The molecule has 1 amide bonds. The minimum atomic E-state index is -0.975. The maximum absolute atomic E-state index is 12.7. The molecule has 0 saturated carbocycles. The minimum Gasteiger partial charge on any atom is -0.480 e. The number of nitrogens with zero attached hydrogens (tertiary/aromatic N) is 2. The number of piperidine rings is 1. The van der Waals surface area contributed by atoms with Gasteiger partial charge in [0.15, 0.2) is 0 Å². The van der Waals surface area contributed by atoms with Crippen LogP contribution in [-0.4, -0.2) is 39.5 Å². The first-order chi connectivity index (χ1) is 12.1. The van der Waals surface area contributed by atoms with Crippen molar-refractivity contribution in [1.29, 1.82) is 0 Å². The van der Waals surface area contributed by atoms with Crippen molar-refractivity contribution in [3.63, 3.8) is 0 Å². The Morgan fingerprint density at radius 2 is 1.96 bits per heavy atom. The van der Waals surface area contributed by atoms with Crippen LogP contribution in [0.3, 0.4) is 0 Å². The number of pyridine rings is 1. The van der Waals surface area contributed by atoms with Crippen molar-refractivity contribution in [3.05, 3.63) is 53.3 Å². The molecule has 0 aliphatic carbocycles. The van der Waals surface area contributed by atoms with Gasteiger partial charge in [0.1, 0.15) is 17.5 Å². The lowest BCUT2D eigenvalue weighted by molar-refractivity contribution is -0.143. The van der Waals surface area contributed by atoms with Crippen LogP contribution in [0, 0.1) is 0 Å². The van der Waals surface area contributed by atoms with Gasteiger partial charge in [0.25, 0.3) is 5.91 Å². The topological polar surface area (TPSA) is 79.7 Å². The summed E-state index contributed by atoms with van der Waals surface area (Å²) in [5.74, 6) is -0.308. The van der Waals surface area contributed by atoms with E-state index in [9.17, 15) is 14.7 Å². The van der Waals surface area contributed by atoms with E-state index in [1.807, 2.05) is 0 Å². The molecular formula is C18H17ClN2O4. The lowest BCUT2D eigenvalue weighted by Gasteiger charge is -2.33. The van der Waals surface area contributed by atoms with Crippen LogP contribution < -0.4 is 4.74 Å². The van der Waals surface area contributed by atoms with Gasteiger partial charge in [0, 0.05) is 24.5 Å². The van der Waals surface area contributed by atoms with Crippen LogP contribution in [0.25, 0.3) is 0 Å². The molecule has 130 valence electrons. The molecule has 6 nitrogen and oxygen atoms in total. The largest absolute Gasteiger partial charge is 0.480 e. The predicted octanol–water partition coefficient (Wildman–Crippen LogP) is 3.61. The number of ether oxygens (including phenoxy) is 1. The van der Waals surface area contributed by atoms with E-state index < -0.39 is 12.0 Å². The van der Waals surface area contributed by atoms with E-state index >= 15 is 0 Å². The van der Waals surface area contributed by atoms with Gasteiger partial charge in [-0.3, -0.25) is 9.78 Å². The zero-order valence-electron chi connectivity index (χ0n) is 13.4. The average Bonchev–Trinajstić information content (AvgIpc) is 2.63. The van der Waals surface area contributed by atoms with Gasteiger partial charge in [-0.1, -0.05) is 11.6 Å². The second-order valence-corrected chi connectivity index (χ2v) is 6.19. The second kappa shape index (κ2) is 7.53. The van der Waals surface area contributed by atoms with Gasteiger partial charge in [-0.25, -0.2) is 4.79 Å². The number of likely N-dealkylation sites (tertiary alicyclic amines) is 1. The molecule has 1 unspecified atom stereocenters. The molecule has 1 N–H and O–H groups in total. The molecule has 1 fully saturated rings. The fourth-order valence-corrected chi connectivity index (χ4v) is 3.07. The Hall–Kier alpha value is -2.60. The number of carboxylic acid groups (broad SMARTS) is 1. The molecule has 1 atom stereocenters. The summed E-state index contributed by atoms with van der Waals surface area (Å²) < 4.78 is 5.66. The standard InChI is InChI=1S/C18H17ClN2O4/c19-14-11-12(4-5-16(14)25-13-6-8-20-9-7-13)17(22)21-10-2-1-3-15(21)18(23)24/h4-9,11,15H,1-3,10H2,(H,23,24). The van der Waals surface area contributed by atoms with E-state index in [1.165, 1.54) is 11.0 Å². The number of halogens is 1. The third kappa shape index (κ3) is 3.91. The summed E-state index contributed by atoms with van der Waals surface area (Å²) in [6, 6.07) is 7.32. The quantitative estimate of drug-likeness (QED) is 0.901. The molecule has 0 bridgehead atoms. The highest BCUT2D eigenvalue weighted by atomic mass is 35.5. The summed E-state index contributed by atoms with van der Waals surface area (Å²) in [4.78, 5) is 29.4. The molecule has 3 rings (SSSR count). The smallest absolute Gasteiger partial charge is 0.326 e. The summed E-state index contributed by atoms with van der Waals surface area (Å²) >= 11 is 6.23. The highest BCUT2D eigenvalue weighted by molar-refractivity contribution is 6.32. The number of aromatic nitrogens is 1. The number of carbonyl (C=O) groups excluding carboxylic acids is 1. The van der Waals surface area contributed by atoms with Crippen molar-refractivity contribution < 1.29 is 19.4 Å². The van der Waals surface area contributed by atoms with Crippen LogP contribution in [0.15, 0.2) is 42.7 Å². The highest BCUT2D eigenvalue weighted by Gasteiger charge is 2.32. The molecule has 0 spiro atoms. The van der Waals surface area contributed by atoms with Crippen molar-refractivity contribution in [2.24, 2.45) is 0 Å². The summed E-state index contributed by atoms with van der Waals surface area (Å²) in [7, 11) is 0. The molecule has 1 aliphatic rings. The Kier molecular flexibility index (Phi) is 5.19. The lowest BCUT2D eigenvalue weighted by Crippen LogP contribution is -2.47. The van der Waals surface area contributed by atoms with E-state index in [2.05, 4.69) is 4.98 Å². The van der Waals surface area contributed by atoms with E-state index in [-0.39, 0.29) is 10.9 Å². The maximum atomic E-state index is 12.7. The van der Waals surface area contributed by atoms with Crippen molar-refractivity contribution in [1.82, 2.24) is 9.88 Å². The first kappa shape index (κ1) is 17.2. The van der Waals surface area contributed by atoms with Crippen LogP contribution in [0.4, 0.5) is 0 Å². The molecule has 1 saturated heterocycles. The predicted molar refractivity (Wildman–Crippen MR) is 92.1 cm³/mol. The second-order valence-electron chi connectivity index (χ2n) is 5.78. The number of hydrogen-bond donors (Lipinski definition) is 1. The average molecular weight is 361 g/mol. The monoisotopic (exact) mass is 360 g/mol. The Morgan fingerprint density at radius 1 is 1.20 bits per heavy atom. The van der Waals surface area contributed by atoms with Gasteiger partial charge in [-0.2, -0.15) is 0 Å². The maximum Gasteiger partial charge on any atom is 0.326 e. The van der Waals surface area contributed by atoms with Gasteiger partial charge < -0.3 is 14.7 Å². The number of carbonyl (C=O) groups is 2. The Morgan fingerprint density at radius 3 is 2.64 bits per heavy atom. The van der Waals surface area contributed by atoms with Gasteiger partial charge >= 0.3 is 5.97 Å². The highest BCUT2D eigenvalue weighted by Crippen LogP contribution is 2.31. The summed E-state index contributed by atoms with van der Waals surface area (Å²) in [6.07, 6.45) is 5.28. The number of aliphatic carboxylic acids is 1. The van der Waals surface area contributed by atoms with Crippen molar-refractivity contribution in [2.75, 3.05) is 6.54 Å². The molecular weight excluding hydrogens is 344 g/mol. The first-order valence-corrected chi connectivity index (χ1v) is 8.35. The SMILES string of the molecule is O=C(O)C1CCCCN1C(=O)c1ccc(Oc2ccncc2)c(Cl)c1. The fourth-order valence-electron chi connectivity index (χ4n) is 2.85. The molecule has 1 aromatic heterocycles.